The maximum Gasteiger partial charge on any atom is 0.0628 e. The third-order valence-corrected chi connectivity index (χ3v) is 2.29. The fourth-order valence-corrected chi connectivity index (χ4v) is 1.55. The van der Waals surface area contributed by atoms with Crippen LogP contribution in [0.2, 0.25) is 0 Å². The topological polar surface area (TPSA) is 43.8 Å². The minimum atomic E-state index is 0.387. The van der Waals surface area contributed by atoms with Crippen LogP contribution in [0.4, 0.5) is 0 Å². The van der Waals surface area contributed by atoms with Crippen molar-refractivity contribution in [1.82, 2.24) is 9.78 Å². The van der Waals surface area contributed by atoms with Gasteiger partial charge in [-0.2, -0.15) is 5.10 Å². The standard InChI is InChI=1S/C8H13N3/c1-5-7(4-11(2)10-5)6-3-8(6)9/h4,6,8H,3,9H2,1-2H3/t6-,8+/m0/s1. The third-order valence-electron chi connectivity index (χ3n) is 2.29. The molecule has 1 aromatic heterocycles. The number of aromatic nitrogens is 2. The predicted octanol–water partition coefficient (Wildman–Crippen LogP) is 0.543. The number of nitrogens with two attached hydrogens (primary N) is 1. The normalized spacial score (nSPS) is 29.0. The fraction of sp³-hybridized carbons (Fsp3) is 0.625. The van der Waals surface area contributed by atoms with E-state index in [1.54, 1.807) is 0 Å². The molecule has 1 aliphatic carbocycles. The Balaban J connectivity index is 2.30. The Kier molecular flexibility index (Phi) is 1.29. The average Bonchev–Trinajstić information content (AvgIpc) is 2.52. The van der Waals surface area contributed by atoms with Crippen molar-refractivity contribution in [3.8, 4) is 0 Å². The lowest BCUT2D eigenvalue weighted by Gasteiger charge is -1.91. The van der Waals surface area contributed by atoms with Gasteiger partial charge >= 0.3 is 0 Å². The van der Waals surface area contributed by atoms with E-state index in [0.717, 1.165) is 12.1 Å². The largest absolute Gasteiger partial charge is 0.327 e. The first-order chi connectivity index (χ1) is 5.18. The highest BCUT2D eigenvalue weighted by Crippen LogP contribution is 2.39. The first-order valence-corrected chi connectivity index (χ1v) is 3.94. The Morgan fingerprint density at radius 1 is 1.73 bits per heavy atom. The molecule has 0 amide bonds. The van der Waals surface area contributed by atoms with Crippen LogP contribution in [-0.4, -0.2) is 15.8 Å². The highest BCUT2D eigenvalue weighted by molar-refractivity contribution is 5.28. The van der Waals surface area contributed by atoms with E-state index in [4.69, 9.17) is 5.73 Å². The molecule has 0 saturated heterocycles. The number of hydrogen-bond donors (Lipinski definition) is 1. The molecule has 60 valence electrons. The molecule has 11 heavy (non-hydrogen) atoms. The lowest BCUT2D eigenvalue weighted by molar-refractivity contribution is 0.756. The van der Waals surface area contributed by atoms with Gasteiger partial charge in [-0.3, -0.25) is 4.68 Å². The Labute approximate surface area is 66.2 Å². The van der Waals surface area contributed by atoms with Crippen LogP contribution in [0.15, 0.2) is 6.20 Å². The molecule has 0 unspecified atom stereocenters. The van der Waals surface area contributed by atoms with Crippen LogP contribution in [-0.2, 0) is 7.05 Å². The van der Waals surface area contributed by atoms with Gasteiger partial charge in [0.1, 0.15) is 0 Å². The van der Waals surface area contributed by atoms with Crippen molar-refractivity contribution in [1.29, 1.82) is 0 Å². The molecule has 3 heteroatoms. The van der Waals surface area contributed by atoms with E-state index in [9.17, 15) is 0 Å². The summed E-state index contributed by atoms with van der Waals surface area (Å²) in [6, 6.07) is 0.387. The van der Waals surface area contributed by atoms with Gasteiger partial charge in [-0.05, 0) is 18.9 Å². The first-order valence-electron chi connectivity index (χ1n) is 3.94. The number of rotatable bonds is 1. The Morgan fingerprint density at radius 3 is 2.73 bits per heavy atom. The lowest BCUT2D eigenvalue weighted by Crippen LogP contribution is -2.00. The maximum atomic E-state index is 5.74. The summed E-state index contributed by atoms with van der Waals surface area (Å²) in [4.78, 5) is 0. The summed E-state index contributed by atoms with van der Waals surface area (Å²) < 4.78 is 1.86. The Bertz CT molecular complexity index is 277. The molecule has 1 saturated carbocycles. The molecule has 2 N–H and O–H groups in total. The molecular weight excluding hydrogens is 138 g/mol. The van der Waals surface area contributed by atoms with Gasteiger partial charge in [-0.15, -0.1) is 0 Å². The fourth-order valence-electron chi connectivity index (χ4n) is 1.55. The van der Waals surface area contributed by atoms with Gasteiger partial charge in [0.25, 0.3) is 0 Å². The second-order valence-corrected chi connectivity index (χ2v) is 3.35. The van der Waals surface area contributed by atoms with E-state index in [1.807, 2.05) is 18.7 Å². The molecule has 0 aromatic carbocycles. The molecule has 2 rings (SSSR count). The Morgan fingerprint density at radius 2 is 2.36 bits per heavy atom. The van der Waals surface area contributed by atoms with Gasteiger partial charge in [0.2, 0.25) is 0 Å². The molecule has 1 heterocycles. The van der Waals surface area contributed by atoms with Gasteiger partial charge in [-0.25, -0.2) is 0 Å². The summed E-state index contributed by atoms with van der Waals surface area (Å²) in [6.07, 6.45) is 3.21. The highest BCUT2D eigenvalue weighted by Gasteiger charge is 2.36. The average molecular weight is 151 g/mol. The van der Waals surface area contributed by atoms with E-state index in [2.05, 4.69) is 11.3 Å². The predicted molar refractivity (Wildman–Crippen MR) is 43.3 cm³/mol. The van der Waals surface area contributed by atoms with E-state index in [-0.39, 0.29) is 0 Å². The van der Waals surface area contributed by atoms with Crippen LogP contribution < -0.4 is 5.73 Å². The molecule has 0 radical (unpaired) electrons. The summed E-state index contributed by atoms with van der Waals surface area (Å²) in [5.74, 6) is 0.587. The van der Waals surface area contributed by atoms with Gasteiger partial charge in [-0.1, -0.05) is 0 Å². The van der Waals surface area contributed by atoms with Crippen LogP contribution in [0.1, 0.15) is 23.6 Å². The third kappa shape index (κ3) is 1.05. The van der Waals surface area contributed by atoms with Crippen molar-refractivity contribution in [3.63, 3.8) is 0 Å². The monoisotopic (exact) mass is 151 g/mol. The van der Waals surface area contributed by atoms with Crippen molar-refractivity contribution >= 4 is 0 Å². The van der Waals surface area contributed by atoms with E-state index in [0.29, 0.717) is 12.0 Å². The molecule has 1 aliphatic rings. The molecule has 0 bridgehead atoms. The minimum Gasteiger partial charge on any atom is -0.327 e. The molecule has 3 nitrogen and oxygen atoms in total. The van der Waals surface area contributed by atoms with Crippen molar-refractivity contribution in [2.24, 2.45) is 12.8 Å². The van der Waals surface area contributed by atoms with Crippen molar-refractivity contribution in [2.75, 3.05) is 0 Å². The van der Waals surface area contributed by atoms with Crippen molar-refractivity contribution in [3.05, 3.63) is 17.5 Å². The van der Waals surface area contributed by atoms with Crippen LogP contribution >= 0.6 is 0 Å². The first kappa shape index (κ1) is 6.85. The molecule has 0 aliphatic heterocycles. The highest BCUT2D eigenvalue weighted by atomic mass is 15.2. The number of aryl methyl sites for hydroxylation is 2. The molecule has 0 spiro atoms. The molecule has 2 atom stereocenters. The zero-order valence-corrected chi connectivity index (χ0v) is 6.91. The second-order valence-electron chi connectivity index (χ2n) is 3.35. The second kappa shape index (κ2) is 2.08. The molecule has 1 fully saturated rings. The van der Waals surface area contributed by atoms with Crippen LogP contribution in [0.3, 0.4) is 0 Å². The Hall–Kier alpha value is -0.830. The van der Waals surface area contributed by atoms with E-state index < -0.39 is 0 Å². The van der Waals surface area contributed by atoms with Gasteiger partial charge in [0.05, 0.1) is 5.69 Å². The smallest absolute Gasteiger partial charge is 0.0628 e. The summed E-state index contributed by atoms with van der Waals surface area (Å²) in [5.41, 5.74) is 8.20. The van der Waals surface area contributed by atoms with Crippen molar-refractivity contribution in [2.45, 2.75) is 25.3 Å². The van der Waals surface area contributed by atoms with Crippen LogP contribution in [0.5, 0.6) is 0 Å². The molecular formula is C8H13N3. The van der Waals surface area contributed by atoms with Gasteiger partial charge < -0.3 is 5.73 Å². The summed E-state index contributed by atoms with van der Waals surface area (Å²) in [5, 5.41) is 4.27. The van der Waals surface area contributed by atoms with Crippen molar-refractivity contribution < 1.29 is 0 Å². The molecule has 1 aromatic rings. The van der Waals surface area contributed by atoms with Gasteiger partial charge in [0.15, 0.2) is 0 Å². The number of nitrogens with zero attached hydrogens (tertiary/aromatic N) is 2. The summed E-state index contributed by atoms with van der Waals surface area (Å²) >= 11 is 0. The zero-order chi connectivity index (χ0) is 8.01. The maximum absolute atomic E-state index is 5.74. The minimum absolute atomic E-state index is 0.387. The van der Waals surface area contributed by atoms with Crippen LogP contribution in [0.25, 0.3) is 0 Å². The SMILES string of the molecule is Cc1nn(C)cc1[C@@H]1C[C@H]1N. The van der Waals surface area contributed by atoms with Crippen LogP contribution in [0, 0.1) is 6.92 Å². The van der Waals surface area contributed by atoms with E-state index in [1.165, 1.54) is 5.56 Å². The zero-order valence-electron chi connectivity index (χ0n) is 6.91. The number of hydrogen-bond acceptors (Lipinski definition) is 2. The summed E-state index contributed by atoms with van der Waals surface area (Å²) in [7, 11) is 1.95. The quantitative estimate of drug-likeness (QED) is 0.636. The summed E-state index contributed by atoms with van der Waals surface area (Å²) in [6.45, 7) is 2.04. The van der Waals surface area contributed by atoms with Gasteiger partial charge in [0, 0.05) is 25.2 Å². The van der Waals surface area contributed by atoms with E-state index >= 15 is 0 Å². The lowest BCUT2D eigenvalue weighted by atomic mass is 10.2.